The van der Waals surface area contributed by atoms with Crippen molar-refractivity contribution in [3.63, 3.8) is 0 Å². The minimum absolute atomic E-state index is 0.0990. The smallest absolute Gasteiger partial charge is 0.238 e. The van der Waals surface area contributed by atoms with E-state index in [0.717, 1.165) is 43.6 Å². The molecule has 1 aromatic carbocycles. The second kappa shape index (κ2) is 7.57. The summed E-state index contributed by atoms with van der Waals surface area (Å²) in [6.45, 7) is 6.65. The van der Waals surface area contributed by atoms with Crippen LogP contribution in [0.5, 0.6) is 0 Å². The Hall–Kier alpha value is -1.39. The fourth-order valence-electron chi connectivity index (χ4n) is 2.96. The van der Waals surface area contributed by atoms with Crippen LogP contribution < -0.4 is 10.6 Å². The molecule has 0 saturated carbocycles. The van der Waals surface area contributed by atoms with Gasteiger partial charge in [-0.15, -0.1) is 0 Å². The molecule has 0 unspecified atom stereocenters. The molecule has 0 radical (unpaired) electrons. The Bertz CT molecular complexity index is 479. The number of aryl methyl sites for hydroxylation is 2. The highest BCUT2D eigenvalue weighted by Crippen LogP contribution is 2.21. The quantitative estimate of drug-likeness (QED) is 0.873. The van der Waals surface area contributed by atoms with Crippen LogP contribution in [0.15, 0.2) is 18.2 Å². The maximum atomic E-state index is 12.3. The number of carbonyl (C=O) groups excluding carboxylic acids is 1. The lowest BCUT2D eigenvalue weighted by Gasteiger charge is -2.31. The zero-order chi connectivity index (χ0) is 15.2. The van der Waals surface area contributed by atoms with Crippen LogP contribution in [-0.2, 0) is 11.2 Å². The lowest BCUT2D eigenvalue weighted by atomic mass is 10.0. The van der Waals surface area contributed by atoms with Crippen LogP contribution in [0.4, 0.5) is 5.69 Å². The lowest BCUT2D eigenvalue weighted by molar-refractivity contribution is -0.117. The maximum absolute atomic E-state index is 12.3. The average Bonchev–Trinajstić information content (AvgIpc) is 2.50. The van der Waals surface area contributed by atoms with Crippen LogP contribution in [0.1, 0.15) is 30.9 Å². The Kier molecular flexibility index (Phi) is 5.76. The first-order valence-electron chi connectivity index (χ1n) is 7.92. The normalized spacial score (nSPS) is 16.9. The van der Waals surface area contributed by atoms with E-state index in [2.05, 4.69) is 28.5 Å². The SMILES string of the molecule is CCc1cccc(C)c1NC(=O)CN1CCC(NC)CC1. The van der Waals surface area contributed by atoms with Crippen LogP contribution >= 0.6 is 0 Å². The van der Waals surface area contributed by atoms with Crippen molar-refractivity contribution < 1.29 is 4.79 Å². The number of amides is 1. The molecule has 4 nitrogen and oxygen atoms in total. The summed E-state index contributed by atoms with van der Waals surface area (Å²) in [6, 6.07) is 6.79. The Labute approximate surface area is 127 Å². The fraction of sp³-hybridized carbons (Fsp3) is 0.588. The van der Waals surface area contributed by atoms with E-state index >= 15 is 0 Å². The molecule has 2 rings (SSSR count). The Balaban J connectivity index is 1.91. The molecule has 1 fully saturated rings. The molecular weight excluding hydrogens is 262 g/mol. The van der Waals surface area contributed by atoms with Crippen molar-refractivity contribution in [2.24, 2.45) is 0 Å². The molecule has 4 heteroatoms. The summed E-state index contributed by atoms with van der Waals surface area (Å²) < 4.78 is 0. The van der Waals surface area contributed by atoms with Gasteiger partial charge in [-0.2, -0.15) is 0 Å². The number of nitrogens with zero attached hydrogens (tertiary/aromatic N) is 1. The van der Waals surface area contributed by atoms with E-state index < -0.39 is 0 Å². The maximum Gasteiger partial charge on any atom is 0.238 e. The van der Waals surface area contributed by atoms with Gasteiger partial charge in [-0.25, -0.2) is 0 Å². The van der Waals surface area contributed by atoms with Gasteiger partial charge in [0.15, 0.2) is 0 Å². The molecule has 0 aromatic heterocycles. The standard InChI is InChI=1S/C17H27N3O/c1-4-14-7-5-6-13(2)17(14)19-16(21)12-20-10-8-15(18-3)9-11-20/h5-7,15,18H,4,8-12H2,1-3H3,(H,19,21). The van der Waals surface area contributed by atoms with E-state index in [4.69, 9.17) is 0 Å². The first kappa shape index (κ1) is 16.0. The number of hydrogen-bond acceptors (Lipinski definition) is 3. The summed E-state index contributed by atoms with van der Waals surface area (Å²) >= 11 is 0. The summed E-state index contributed by atoms with van der Waals surface area (Å²) in [7, 11) is 2.01. The molecule has 1 saturated heterocycles. The summed E-state index contributed by atoms with van der Waals surface area (Å²) in [5.41, 5.74) is 3.34. The fourth-order valence-corrected chi connectivity index (χ4v) is 2.96. The summed E-state index contributed by atoms with van der Waals surface area (Å²) in [5, 5.41) is 6.42. The van der Waals surface area contributed by atoms with Gasteiger partial charge in [0.1, 0.15) is 0 Å². The lowest BCUT2D eigenvalue weighted by Crippen LogP contribution is -2.44. The molecule has 2 N–H and O–H groups in total. The molecule has 116 valence electrons. The third kappa shape index (κ3) is 4.29. The van der Waals surface area contributed by atoms with Crippen molar-refractivity contribution in [3.8, 4) is 0 Å². The van der Waals surface area contributed by atoms with E-state index in [1.165, 1.54) is 5.56 Å². The van der Waals surface area contributed by atoms with E-state index in [-0.39, 0.29) is 5.91 Å². The molecule has 1 aromatic rings. The van der Waals surface area contributed by atoms with Crippen molar-refractivity contribution in [1.29, 1.82) is 0 Å². The zero-order valence-electron chi connectivity index (χ0n) is 13.4. The highest BCUT2D eigenvalue weighted by atomic mass is 16.2. The number of benzene rings is 1. The predicted octanol–water partition coefficient (Wildman–Crippen LogP) is 2.18. The summed E-state index contributed by atoms with van der Waals surface area (Å²) in [4.78, 5) is 14.5. The number of anilines is 1. The third-order valence-electron chi connectivity index (χ3n) is 4.37. The molecule has 21 heavy (non-hydrogen) atoms. The molecule has 1 heterocycles. The number of hydrogen-bond donors (Lipinski definition) is 2. The molecule has 0 atom stereocenters. The zero-order valence-corrected chi connectivity index (χ0v) is 13.4. The summed E-state index contributed by atoms with van der Waals surface area (Å²) in [5.74, 6) is 0.0990. The number of para-hydroxylation sites is 1. The molecular formula is C17H27N3O. The Morgan fingerprint density at radius 3 is 2.67 bits per heavy atom. The van der Waals surface area contributed by atoms with E-state index in [9.17, 15) is 4.79 Å². The van der Waals surface area contributed by atoms with Crippen molar-refractivity contribution in [3.05, 3.63) is 29.3 Å². The monoisotopic (exact) mass is 289 g/mol. The first-order chi connectivity index (χ1) is 10.1. The van der Waals surface area contributed by atoms with Gasteiger partial charge >= 0.3 is 0 Å². The van der Waals surface area contributed by atoms with Crippen molar-refractivity contribution in [1.82, 2.24) is 10.2 Å². The Morgan fingerprint density at radius 2 is 2.05 bits per heavy atom. The third-order valence-corrected chi connectivity index (χ3v) is 4.37. The minimum Gasteiger partial charge on any atom is -0.324 e. The first-order valence-corrected chi connectivity index (χ1v) is 7.92. The number of nitrogens with one attached hydrogen (secondary N) is 2. The molecule has 0 aliphatic carbocycles. The van der Waals surface area contributed by atoms with Gasteiger partial charge < -0.3 is 10.6 Å². The molecule has 0 spiro atoms. The largest absolute Gasteiger partial charge is 0.324 e. The van der Waals surface area contributed by atoms with E-state index in [0.29, 0.717) is 12.6 Å². The van der Waals surface area contributed by atoms with Crippen LogP contribution in [-0.4, -0.2) is 43.5 Å². The minimum atomic E-state index is 0.0990. The number of likely N-dealkylation sites (tertiary alicyclic amines) is 1. The van der Waals surface area contributed by atoms with Gasteiger partial charge in [0.05, 0.1) is 6.54 Å². The van der Waals surface area contributed by atoms with Crippen molar-refractivity contribution in [2.45, 2.75) is 39.2 Å². The second-order valence-corrected chi connectivity index (χ2v) is 5.85. The highest BCUT2D eigenvalue weighted by molar-refractivity contribution is 5.93. The van der Waals surface area contributed by atoms with E-state index in [1.807, 2.05) is 26.1 Å². The van der Waals surface area contributed by atoms with Gasteiger partial charge in [-0.05, 0) is 44.4 Å². The number of rotatable bonds is 5. The van der Waals surface area contributed by atoms with Gasteiger partial charge in [0.25, 0.3) is 0 Å². The number of carbonyl (C=O) groups is 1. The predicted molar refractivity (Wildman–Crippen MR) is 87.7 cm³/mol. The highest BCUT2D eigenvalue weighted by Gasteiger charge is 2.20. The van der Waals surface area contributed by atoms with Gasteiger partial charge in [-0.1, -0.05) is 25.1 Å². The number of piperidine rings is 1. The van der Waals surface area contributed by atoms with Crippen molar-refractivity contribution in [2.75, 3.05) is 32.0 Å². The molecule has 1 aliphatic heterocycles. The average molecular weight is 289 g/mol. The van der Waals surface area contributed by atoms with Crippen LogP contribution in [0, 0.1) is 6.92 Å². The Morgan fingerprint density at radius 1 is 1.33 bits per heavy atom. The van der Waals surface area contributed by atoms with Gasteiger partial charge in [0, 0.05) is 24.8 Å². The summed E-state index contributed by atoms with van der Waals surface area (Å²) in [6.07, 6.45) is 3.17. The molecule has 1 amide bonds. The van der Waals surface area contributed by atoms with Crippen molar-refractivity contribution >= 4 is 11.6 Å². The van der Waals surface area contributed by atoms with Gasteiger partial charge in [0.2, 0.25) is 5.91 Å². The second-order valence-electron chi connectivity index (χ2n) is 5.85. The molecule has 0 bridgehead atoms. The van der Waals surface area contributed by atoms with E-state index in [1.54, 1.807) is 0 Å². The van der Waals surface area contributed by atoms with Crippen LogP contribution in [0.25, 0.3) is 0 Å². The topological polar surface area (TPSA) is 44.4 Å². The van der Waals surface area contributed by atoms with Crippen LogP contribution in [0.3, 0.4) is 0 Å². The van der Waals surface area contributed by atoms with Gasteiger partial charge in [-0.3, -0.25) is 9.69 Å². The van der Waals surface area contributed by atoms with Crippen LogP contribution in [0.2, 0.25) is 0 Å². The molecule has 1 aliphatic rings.